The Bertz CT molecular complexity index is 344. The Balaban J connectivity index is 2.89. The Labute approximate surface area is 94.5 Å². The van der Waals surface area contributed by atoms with E-state index in [1.54, 1.807) is 11.8 Å². The molecule has 0 unspecified atom stereocenters. The summed E-state index contributed by atoms with van der Waals surface area (Å²) >= 11 is 6.86. The van der Waals surface area contributed by atoms with E-state index in [1.807, 2.05) is 6.07 Å². The minimum Gasteiger partial charge on any atom is -0.346 e. The number of nitrogens with zero attached hydrogens (tertiary/aromatic N) is 1. The van der Waals surface area contributed by atoms with Crippen molar-refractivity contribution < 1.29 is 0 Å². The molecule has 0 bridgehead atoms. The summed E-state index contributed by atoms with van der Waals surface area (Å²) in [5.74, 6) is 2.53. The normalized spacial score (nSPS) is 10.9. The maximum Gasteiger partial charge on any atom is 0.130 e. The highest BCUT2D eigenvalue weighted by Crippen LogP contribution is 2.09. The zero-order valence-corrected chi connectivity index (χ0v) is 10.5. The predicted octanol–water partition coefficient (Wildman–Crippen LogP) is 3.20. The Hall–Kier alpha value is -0.350. The molecule has 0 saturated heterocycles. The fourth-order valence-electron chi connectivity index (χ4n) is 1.32. The topological polar surface area (TPSA) is 28.7 Å². The summed E-state index contributed by atoms with van der Waals surface area (Å²) in [5.41, 5.74) is 1.20. The van der Waals surface area contributed by atoms with Crippen molar-refractivity contribution in [1.29, 1.82) is 0 Å². The maximum atomic E-state index is 5.11. The fraction of sp³-hybridized carbons (Fsp3) is 0.600. The van der Waals surface area contributed by atoms with Crippen LogP contribution in [0.15, 0.2) is 6.07 Å². The van der Waals surface area contributed by atoms with Crippen LogP contribution in [0.4, 0.5) is 0 Å². The van der Waals surface area contributed by atoms with Crippen LogP contribution in [-0.2, 0) is 12.2 Å². The molecular formula is C10H16N2S2. The molecule has 0 saturated carbocycles. The summed E-state index contributed by atoms with van der Waals surface area (Å²) in [4.78, 5) is 7.59. The molecule has 0 radical (unpaired) electrons. The van der Waals surface area contributed by atoms with E-state index in [0.29, 0.717) is 10.6 Å². The van der Waals surface area contributed by atoms with E-state index in [2.05, 4.69) is 30.1 Å². The summed E-state index contributed by atoms with van der Waals surface area (Å²) in [7, 11) is 0. The Morgan fingerprint density at radius 1 is 1.57 bits per heavy atom. The summed E-state index contributed by atoms with van der Waals surface area (Å²) in [6.07, 6.45) is 3.10. The number of nitrogens with one attached hydrogen (secondary N) is 1. The first-order chi connectivity index (χ1) is 6.61. The van der Waals surface area contributed by atoms with Crippen LogP contribution in [-0.4, -0.2) is 16.2 Å². The Kier molecular flexibility index (Phi) is 4.62. The van der Waals surface area contributed by atoms with Crippen molar-refractivity contribution >= 4 is 24.0 Å². The van der Waals surface area contributed by atoms with Gasteiger partial charge in [-0.05, 0) is 24.7 Å². The molecule has 1 aromatic heterocycles. The molecule has 1 aromatic rings. The standard InChI is InChI=1S/C10H16N2S2/c1-7(2)4-8-5-10(13)12-9(11-8)6-14-3/h5,7H,4,6H2,1-3H3,(H,11,12,13). The van der Waals surface area contributed by atoms with Crippen molar-refractivity contribution in [2.75, 3.05) is 6.26 Å². The number of rotatable bonds is 4. The van der Waals surface area contributed by atoms with Crippen molar-refractivity contribution in [1.82, 2.24) is 9.97 Å². The summed E-state index contributed by atoms with van der Waals surface area (Å²) < 4.78 is 0.698. The van der Waals surface area contributed by atoms with E-state index in [9.17, 15) is 0 Å². The quantitative estimate of drug-likeness (QED) is 0.802. The fourth-order valence-corrected chi connectivity index (χ4v) is 1.98. The summed E-state index contributed by atoms with van der Waals surface area (Å²) in [6, 6.07) is 1.96. The van der Waals surface area contributed by atoms with Gasteiger partial charge in [-0.2, -0.15) is 11.8 Å². The van der Waals surface area contributed by atoms with Crippen LogP contribution in [0.2, 0.25) is 0 Å². The molecule has 78 valence electrons. The largest absolute Gasteiger partial charge is 0.346 e. The lowest BCUT2D eigenvalue weighted by Crippen LogP contribution is -2.02. The van der Waals surface area contributed by atoms with Gasteiger partial charge < -0.3 is 4.98 Å². The Morgan fingerprint density at radius 2 is 2.29 bits per heavy atom. The number of H-pyrrole nitrogens is 1. The van der Waals surface area contributed by atoms with Gasteiger partial charge >= 0.3 is 0 Å². The zero-order chi connectivity index (χ0) is 10.6. The monoisotopic (exact) mass is 228 g/mol. The third kappa shape index (κ3) is 3.80. The lowest BCUT2D eigenvalue weighted by atomic mass is 10.1. The van der Waals surface area contributed by atoms with Crippen LogP contribution >= 0.6 is 24.0 Å². The van der Waals surface area contributed by atoms with Gasteiger partial charge in [-0.3, -0.25) is 0 Å². The van der Waals surface area contributed by atoms with Gasteiger partial charge in [0.15, 0.2) is 0 Å². The zero-order valence-electron chi connectivity index (χ0n) is 8.83. The number of thioether (sulfide) groups is 1. The number of aromatic nitrogens is 2. The highest BCUT2D eigenvalue weighted by Gasteiger charge is 2.01. The molecule has 0 aliphatic heterocycles. The van der Waals surface area contributed by atoms with Crippen LogP contribution in [0.25, 0.3) is 0 Å². The van der Waals surface area contributed by atoms with Gasteiger partial charge in [0, 0.05) is 5.69 Å². The average Bonchev–Trinajstić information content (AvgIpc) is 2.01. The second-order valence-corrected chi connectivity index (χ2v) is 5.01. The molecule has 0 amide bonds. The molecule has 1 rings (SSSR count). The number of aromatic amines is 1. The highest BCUT2D eigenvalue weighted by atomic mass is 32.2. The third-order valence-electron chi connectivity index (χ3n) is 1.76. The molecule has 0 fully saturated rings. The minimum absolute atomic E-state index is 0.644. The smallest absolute Gasteiger partial charge is 0.130 e. The molecule has 0 aliphatic carbocycles. The third-order valence-corrected chi connectivity index (χ3v) is 2.53. The van der Waals surface area contributed by atoms with E-state index in [-0.39, 0.29) is 0 Å². The van der Waals surface area contributed by atoms with Crippen LogP contribution < -0.4 is 0 Å². The molecule has 4 heteroatoms. The molecule has 0 aliphatic rings. The van der Waals surface area contributed by atoms with Crippen molar-refractivity contribution in [3.63, 3.8) is 0 Å². The molecule has 0 spiro atoms. The van der Waals surface area contributed by atoms with Gasteiger partial charge in [0.25, 0.3) is 0 Å². The van der Waals surface area contributed by atoms with Gasteiger partial charge in [-0.1, -0.05) is 26.1 Å². The first-order valence-electron chi connectivity index (χ1n) is 4.70. The maximum absolute atomic E-state index is 5.11. The van der Waals surface area contributed by atoms with Crippen molar-refractivity contribution in [3.8, 4) is 0 Å². The van der Waals surface area contributed by atoms with Crippen LogP contribution in [0.5, 0.6) is 0 Å². The van der Waals surface area contributed by atoms with Gasteiger partial charge in [-0.15, -0.1) is 0 Å². The summed E-state index contributed by atoms with van der Waals surface area (Å²) in [6.45, 7) is 4.40. The molecule has 1 heterocycles. The molecule has 2 nitrogen and oxygen atoms in total. The first-order valence-corrected chi connectivity index (χ1v) is 6.50. The number of hydrogen-bond acceptors (Lipinski definition) is 3. The minimum atomic E-state index is 0.644. The van der Waals surface area contributed by atoms with Crippen molar-refractivity contribution in [3.05, 3.63) is 22.2 Å². The Morgan fingerprint density at radius 3 is 2.86 bits per heavy atom. The molecular weight excluding hydrogens is 212 g/mol. The second kappa shape index (κ2) is 5.51. The number of hydrogen-bond donors (Lipinski definition) is 1. The van der Waals surface area contributed by atoms with E-state index in [0.717, 1.165) is 18.0 Å². The van der Waals surface area contributed by atoms with Crippen molar-refractivity contribution in [2.24, 2.45) is 5.92 Å². The van der Waals surface area contributed by atoms with Gasteiger partial charge in [-0.25, -0.2) is 4.98 Å². The van der Waals surface area contributed by atoms with Gasteiger partial charge in [0.2, 0.25) is 0 Å². The van der Waals surface area contributed by atoms with Crippen LogP contribution in [0, 0.1) is 10.6 Å². The van der Waals surface area contributed by atoms with E-state index >= 15 is 0 Å². The lowest BCUT2D eigenvalue weighted by molar-refractivity contribution is 0.631. The van der Waals surface area contributed by atoms with Crippen molar-refractivity contribution in [2.45, 2.75) is 26.0 Å². The molecule has 0 atom stereocenters. The molecule has 0 aromatic carbocycles. The summed E-state index contributed by atoms with van der Waals surface area (Å²) in [5, 5.41) is 0. The molecule has 14 heavy (non-hydrogen) atoms. The van der Waals surface area contributed by atoms with E-state index < -0.39 is 0 Å². The average molecular weight is 228 g/mol. The molecule has 1 N–H and O–H groups in total. The lowest BCUT2D eigenvalue weighted by Gasteiger charge is -2.07. The van der Waals surface area contributed by atoms with Crippen LogP contribution in [0.3, 0.4) is 0 Å². The van der Waals surface area contributed by atoms with Gasteiger partial charge in [0.05, 0.1) is 5.75 Å². The van der Waals surface area contributed by atoms with E-state index in [1.165, 1.54) is 5.69 Å². The second-order valence-electron chi connectivity index (χ2n) is 3.72. The predicted molar refractivity (Wildman–Crippen MR) is 65.2 cm³/mol. The van der Waals surface area contributed by atoms with Gasteiger partial charge in [0.1, 0.15) is 10.5 Å². The highest BCUT2D eigenvalue weighted by molar-refractivity contribution is 7.97. The first kappa shape index (κ1) is 11.7. The van der Waals surface area contributed by atoms with Crippen LogP contribution in [0.1, 0.15) is 25.4 Å². The van der Waals surface area contributed by atoms with E-state index in [4.69, 9.17) is 12.2 Å². The SMILES string of the molecule is CSCc1nc(=S)cc(CC(C)C)[nH]1.